The van der Waals surface area contributed by atoms with Gasteiger partial charge in [0.25, 0.3) is 0 Å². The van der Waals surface area contributed by atoms with Crippen molar-refractivity contribution in [1.82, 2.24) is 0 Å². The minimum Gasteiger partial charge on any atom is -0.542 e. The Morgan fingerprint density at radius 3 is 1.82 bits per heavy atom. The van der Waals surface area contributed by atoms with Crippen molar-refractivity contribution in [3.63, 3.8) is 0 Å². The Morgan fingerprint density at radius 2 is 1.46 bits per heavy atom. The molecule has 0 bridgehead atoms. The Hall–Kier alpha value is -1.87. The molecule has 3 rings (SSSR count). The van der Waals surface area contributed by atoms with Crippen molar-refractivity contribution in [2.45, 2.75) is 30.0 Å². The fourth-order valence-corrected chi connectivity index (χ4v) is 3.10. The summed E-state index contributed by atoms with van der Waals surface area (Å²) in [4.78, 5) is 20.3. The van der Waals surface area contributed by atoms with Gasteiger partial charge in [0.15, 0.2) is 0 Å². The summed E-state index contributed by atoms with van der Waals surface area (Å²) in [5.41, 5.74) is 6.61. The van der Waals surface area contributed by atoms with Gasteiger partial charge >= 0.3 is 41.7 Å². The molecule has 2 aromatic carbocycles. The number of nitrogens with two attached hydrogens (primary N) is 1. The number of hydrogen-bond donors (Lipinski definition) is 2. The van der Waals surface area contributed by atoms with E-state index >= 15 is 0 Å². The molecular weight excluding hydrogens is 386 g/mol. The van der Waals surface area contributed by atoms with Crippen molar-refractivity contribution in [2.75, 3.05) is 0 Å². The maximum absolute atomic E-state index is 11.5. The van der Waals surface area contributed by atoms with Gasteiger partial charge in [-0.2, -0.15) is 13.2 Å². The summed E-state index contributed by atoms with van der Waals surface area (Å²) in [5.74, 6) is -3.93. The minimum atomic E-state index is -5.19. The Labute approximate surface area is 181 Å². The predicted octanol–water partition coefficient (Wildman–Crippen LogP) is -1.34. The molecule has 0 unspecified atom stereocenters. The van der Waals surface area contributed by atoms with E-state index in [2.05, 4.69) is 0 Å². The third kappa shape index (κ3) is 5.14. The largest absolute Gasteiger partial charge is 1.00 e. The number of carbonyl (C=O) groups is 2. The molecule has 2 aromatic rings. The van der Waals surface area contributed by atoms with Gasteiger partial charge in [0.1, 0.15) is 11.5 Å². The number of carboxylic acids is 2. The van der Waals surface area contributed by atoms with Crippen LogP contribution in [-0.4, -0.2) is 28.8 Å². The molecule has 0 amide bonds. The van der Waals surface area contributed by atoms with E-state index in [9.17, 15) is 23.1 Å². The van der Waals surface area contributed by atoms with Gasteiger partial charge in [-0.3, -0.25) is 4.79 Å². The molecule has 0 saturated heterocycles. The van der Waals surface area contributed by atoms with Gasteiger partial charge < -0.3 is 20.7 Å². The van der Waals surface area contributed by atoms with E-state index in [1.54, 1.807) is 0 Å². The van der Waals surface area contributed by atoms with Crippen LogP contribution in [0.15, 0.2) is 60.7 Å². The minimum absolute atomic E-state index is 0. The molecule has 2 atom stereocenters. The number of benzene rings is 2. The van der Waals surface area contributed by atoms with Gasteiger partial charge in [0.05, 0.1) is 0 Å². The zero-order valence-electron chi connectivity index (χ0n) is 15.1. The molecule has 9 heteroatoms. The van der Waals surface area contributed by atoms with E-state index in [1.807, 2.05) is 60.7 Å². The van der Waals surface area contributed by atoms with Crippen LogP contribution in [0.1, 0.15) is 17.5 Å². The van der Waals surface area contributed by atoms with Gasteiger partial charge in [-0.15, -0.1) is 0 Å². The molecule has 5 nitrogen and oxygen atoms in total. The number of aliphatic carboxylic acids is 2. The summed E-state index contributed by atoms with van der Waals surface area (Å²) in [6.45, 7) is 0. The normalized spacial score (nSPS) is 22.9. The molecule has 1 aliphatic rings. The Morgan fingerprint density at radius 1 is 1.04 bits per heavy atom. The summed E-state index contributed by atoms with van der Waals surface area (Å²) < 4.78 is 31.5. The molecule has 0 spiro atoms. The van der Waals surface area contributed by atoms with Gasteiger partial charge in [0.2, 0.25) is 0 Å². The maximum atomic E-state index is 11.5. The van der Waals surface area contributed by atoms with E-state index in [0.717, 1.165) is 11.1 Å². The van der Waals surface area contributed by atoms with Crippen LogP contribution in [-0.2, 0) is 21.4 Å². The monoisotopic (exact) mass is 403 g/mol. The number of carboxylic acid groups (broad SMARTS) is 2. The molecular formula is C19H17F3NNaO4. The Bertz CT molecular complexity index is 817. The molecule has 0 radical (unpaired) electrons. The summed E-state index contributed by atoms with van der Waals surface area (Å²) >= 11 is 0. The zero-order valence-corrected chi connectivity index (χ0v) is 17.1. The van der Waals surface area contributed by atoms with Crippen LogP contribution in [0.2, 0.25) is 0 Å². The molecule has 0 aromatic heterocycles. The smallest absolute Gasteiger partial charge is 0.542 e. The second-order valence-corrected chi connectivity index (χ2v) is 6.35. The quantitative estimate of drug-likeness (QED) is 0.615. The van der Waals surface area contributed by atoms with Gasteiger partial charge in [0, 0.05) is 5.41 Å². The van der Waals surface area contributed by atoms with Crippen LogP contribution in [0.25, 0.3) is 0 Å². The molecule has 1 saturated carbocycles. The third-order valence-electron chi connectivity index (χ3n) is 4.60. The third-order valence-corrected chi connectivity index (χ3v) is 4.60. The topological polar surface area (TPSA) is 103 Å². The number of halogens is 3. The van der Waals surface area contributed by atoms with E-state index in [4.69, 9.17) is 15.6 Å². The second kappa shape index (κ2) is 9.09. The first-order valence-corrected chi connectivity index (χ1v) is 7.93. The first-order valence-electron chi connectivity index (χ1n) is 7.93. The molecule has 3 N–H and O–H groups in total. The number of rotatable bonds is 4. The summed E-state index contributed by atoms with van der Waals surface area (Å²) in [6.07, 6.45) is -4.06. The molecule has 1 aliphatic carbocycles. The van der Waals surface area contributed by atoms with Crippen molar-refractivity contribution in [3.05, 3.63) is 71.8 Å². The van der Waals surface area contributed by atoms with Crippen molar-refractivity contribution in [1.29, 1.82) is 0 Å². The summed E-state index contributed by atoms with van der Waals surface area (Å²) in [6, 6.07) is 19.7. The Kier molecular flexibility index (Phi) is 7.84. The molecule has 1 fully saturated rings. The second-order valence-electron chi connectivity index (χ2n) is 6.35. The van der Waals surface area contributed by atoms with E-state index < -0.39 is 29.1 Å². The van der Waals surface area contributed by atoms with Crippen LogP contribution in [0.4, 0.5) is 13.2 Å². The molecule has 144 valence electrons. The van der Waals surface area contributed by atoms with E-state index in [1.165, 1.54) is 0 Å². The fourth-order valence-electron chi connectivity index (χ4n) is 3.10. The average Bonchev–Trinajstić information content (AvgIpc) is 3.23. The SMILES string of the molecule is N[C@@]1(C(=O)O)C[C@]1(Cc1ccccc1)c1ccccc1.O=C([O-])C(F)(F)F.[Na+]. The van der Waals surface area contributed by atoms with Crippen molar-refractivity contribution < 1.29 is 62.5 Å². The predicted molar refractivity (Wildman–Crippen MR) is 88.5 cm³/mol. The molecule has 0 heterocycles. The van der Waals surface area contributed by atoms with Crippen molar-refractivity contribution in [3.8, 4) is 0 Å². The first-order chi connectivity index (χ1) is 12.5. The molecule has 0 aliphatic heterocycles. The zero-order chi connectivity index (χ0) is 20.3. The molecule has 28 heavy (non-hydrogen) atoms. The Balaban J connectivity index is 0.000000425. The standard InChI is InChI=1S/C17H17NO2.C2HF3O2.Na/c18-17(15(19)20)12-16(17,14-9-5-2-6-10-14)11-13-7-3-1-4-8-13;3-2(4,5)1(6)7;/h1-10H,11-12,18H2,(H,19,20);(H,6,7);/q;;+1/p-1/t16-,17-;;/m1../s1. The van der Waals surface area contributed by atoms with Gasteiger partial charge in [-0.1, -0.05) is 60.7 Å². The average molecular weight is 403 g/mol. The van der Waals surface area contributed by atoms with Gasteiger partial charge in [-0.25, -0.2) is 0 Å². The van der Waals surface area contributed by atoms with E-state index in [0.29, 0.717) is 12.8 Å². The number of hydrogen-bond acceptors (Lipinski definition) is 4. The number of alkyl halides is 3. The summed E-state index contributed by atoms with van der Waals surface area (Å²) in [7, 11) is 0. The first kappa shape index (κ1) is 24.2. The van der Waals surface area contributed by atoms with Crippen LogP contribution in [0.5, 0.6) is 0 Å². The van der Waals surface area contributed by atoms with E-state index in [-0.39, 0.29) is 29.6 Å². The summed E-state index contributed by atoms with van der Waals surface area (Å²) in [5, 5.41) is 18.2. The number of carbonyl (C=O) groups excluding carboxylic acids is 1. The van der Waals surface area contributed by atoms with Crippen LogP contribution >= 0.6 is 0 Å². The van der Waals surface area contributed by atoms with Crippen molar-refractivity contribution >= 4 is 11.9 Å². The van der Waals surface area contributed by atoms with Crippen LogP contribution in [0, 0.1) is 0 Å². The van der Waals surface area contributed by atoms with Crippen LogP contribution < -0.4 is 40.4 Å². The van der Waals surface area contributed by atoms with Gasteiger partial charge in [-0.05, 0) is 24.0 Å². The van der Waals surface area contributed by atoms with Crippen LogP contribution in [0.3, 0.4) is 0 Å². The fraction of sp³-hybridized carbons (Fsp3) is 0.263. The van der Waals surface area contributed by atoms with Crippen molar-refractivity contribution in [2.24, 2.45) is 5.73 Å². The maximum Gasteiger partial charge on any atom is 1.00 e.